The van der Waals surface area contributed by atoms with Gasteiger partial charge in [-0.2, -0.15) is 0 Å². The minimum Gasteiger partial charge on any atom is -0.356 e. The predicted molar refractivity (Wildman–Crippen MR) is 62.5 cm³/mol. The Balaban J connectivity index is 2.73. The highest BCUT2D eigenvalue weighted by Crippen LogP contribution is 2.21. The zero-order valence-corrected chi connectivity index (χ0v) is 10.3. The molecule has 1 aromatic rings. The summed E-state index contributed by atoms with van der Waals surface area (Å²) in [7, 11) is 0. The number of hydrogen-bond acceptors (Lipinski definition) is 3. The second-order valence-electron chi connectivity index (χ2n) is 3.13. The summed E-state index contributed by atoms with van der Waals surface area (Å²) >= 11 is 3.46. The standard InChI is InChI=1S/C10H16BrN3/c1-3-5-6-14(4-2)10-9(11)7-12-8-13-10/h7-8H,3-6H2,1-2H3. The van der Waals surface area contributed by atoms with E-state index in [0.717, 1.165) is 23.4 Å². The second-order valence-corrected chi connectivity index (χ2v) is 3.98. The van der Waals surface area contributed by atoms with Crippen molar-refractivity contribution < 1.29 is 0 Å². The van der Waals surface area contributed by atoms with Crippen LogP contribution in [0.5, 0.6) is 0 Å². The zero-order chi connectivity index (χ0) is 10.4. The molecule has 0 bridgehead atoms. The minimum atomic E-state index is 0.970. The first-order valence-electron chi connectivity index (χ1n) is 5.00. The molecule has 78 valence electrons. The van der Waals surface area contributed by atoms with E-state index < -0.39 is 0 Å². The van der Waals surface area contributed by atoms with E-state index in [1.165, 1.54) is 12.8 Å². The van der Waals surface area contributed by atoms with Crippen molar-refractivity contribution in [3.8, 4) is 0 Å². The van der Waals surface area contributed by atoms with Gasteiger partial charge in [-0.3, -0.25) is 0 Å². The third-order valence-corrected chi connectivity index (χ3v) is 2.67. The summed E-state index contributed by atoms with van der Waals surface area (Å²) in [6.45, 7) is 6.38. The first kappa shape index (κ1) is 11.4. The summed E-state index contributed by atoms with van der Waals surface area (Å²) in [6, 6.07) is 0. The van der Waals surface area contributed by atoms with E-state index in [4.69, 9.17) is 0 Å². The average Bonchev–Trinajstić information content (AvgIpc) is 2.21. The number of halogens is 1. The number of unbranched alkanes of at least 4 members (excludes halogenated alkanes) is 1. The van der Waals surface area contributed by atoms with Crippen LogP contribution >= 0.6 is 15.9 Å². The van der Waals surface area contributed by atoms with Gasteiger partial charge in [0.2, 0.25) is 0 Å². The average molecular weight is 258 g/mol. The van der Waals surface area contributed by atoms with Gasteiger partial charge in [0.05, 0.1) is 4.47 Å². The second kappa shape index (κ2) is 5.96. The van der Waals surface area contributed by atoms with Crippen LogP contribution in [0.3, 0.4) is 0 Å². The molecule has 14 heavy (non-hydrogen) atoms. The van der Waals surface area contributed by atoms with Crippen LogP contribution in [0.25, 0.3) is 0 Å². The minimum absolute atomic E-state index is 0.970. The van der Waals surface area contributed by atoms with Gasteiger partial charge in [0.25, 0.3) is 0 Å². The molecule has 1 rings (SSSR count). The summed E-state index contributed by atoms with van der Waals surface area (Å²) < 4.78 is 0.970. The van der Waals surface area contributed by atoms with Crippen LogP contribution in [0, 0.1) is 0 Å². The first-order chi connectivity index (χ1) is 6.79. The molecule has 0 amide bonds. The van der Waals surface area contributed by atoms with Crippen molar-refractivity contribution in [3.63, 3.8) is 0 Å². The van der Waals surface area contributed by atoms with E-state index in [-0.39, 0.29) is 0 Å². The maximum absolute atomic E-state index is 4.27. The van der Waals surface area contributed by atoms with Gasteiger partial charge in [0.1, 0.15) is 12.1 Å². The lowest BCUT2D eigenvalue weighted by atomic mass is 10.3. The van der Waals surface area contributed by atoms with E-state index in [9.17, 15) is 0 Å². The Bertz CT molecular complexity index is 278. The molecule has 0 aromatic carbocycles. The molecule has 0 aliphatic rings. The van der Waals surface area contributed by atoms with Crippen molar-refractivity contribution in [3.05, 3.63) is 17.0 Å². The quantitative estimate of drug-likeness (QED) is 0.813. The van der Waals surface area contributed by atoms with Crippen LogP contribution in [-0.2, 0) is 0 Å². The SMILES string of the molecule is CCCCN(CC)c1ncncc1Br. The van der Waals surface area contributed by atoms with Crippen LogP contribution in [0.4, 0.5) is 5.82 Å². The molecule has 0 unspecified atom stereocenters. The number of aromatic nitrogens is 2. The van der Waals surface area contributed by atoms with Gasteiger partial charge in [0.15, 0.2) is 0 Å². The maximum atomic E-state index is 4.27. The van der Waals surface area contributed by atoms with Gasteiger partial charge in [-0.05, 0) is 29.3 Å². The van der Waals surface area contributed by atoms with Crippen molar-refractivity contribution in [2.75, 3.05) is 18.0 Å². The molecular formula is C10H16BrN3. The van der Waals surface area contributed by atoms with Crippen LogP contribution < -0.4 is 4.90 Å². The van der Waals surface area contributed by atoms with Crippen LogP contribution in [0.15, 0.2) is 17.0 Å². The third-order valence-electron chi connectivity index (χ3n) is 2.11. The lowest BCUT2D eigenvalue weighted by Gasteiger charge is -2.22. The van der Waals surface area contributed by atoms with E-state index >= 15 is 0 Å². The monoisotopic (exact) mass is 257 g/mol. The molecule has 0 N–H and O–H groups in total. The Morgan fingerprint density at radius 3 is 2.79 bits per heavy atom. The summed E-state index contributed by atoms with van der Waals surface area (Å²) in [6.07, 6.45) is 5.79. The summed E-state index contributed by atoms with van der Waals surface area (Å²) in [5.74, 6) is 0.996. The van der Waals surface area contributed by atoms with Crippen molar-refractivity contribution in [2.24, 2.45) is 0 Å². The van der Waals surface area contributed by atoms with Gasteiger partial charge in [-0.1, -0.05) is 13.3 Å². The highest BCUT2D eigenvalue weighted by Gasteiger charge is 2.08. The van der Waals surface area contributed by atoms with Crippen molar-refractivity contribution in [2.45, 2.75) is 26.7 Å². The van der Waals surface area contributed by atoms with Crippen molar-refractivity contribution in [1.82, 2.24) is 9.97 Å². The zero-order valence-electron chi connectivity index (χ0n) is 8.70. The number of anilines is 1. The molecule has 0 aliphatic heterocycles. The molecule has 4 heteroatoms. The van der Waals surface area contributed by atoms with Gasteiger partial charge in [-0.25, -0.2) is 9.97 Å². The Labute approximate surface area is 93.7 Å². The van der Waals surface area contributed by atoms with E-state index in [1.807, 2.05) is 0 Å². The lowest BCUT2D eigenvalue weighted by Crippen LogP contribution is -2.25. The third kappa shape index (κ3) is 2.94. The van der Waals surface area contributed by atoms with Crippen LogP contribution in [0.1, 0.15) is 26.7 Å². The molecule has 0 radical (unpaired) electrons. The molecule has 1 aromatic heterocycles. The number of hydrogen-bond donors (Lipinski definition) is 0. The summed E-state index contributed by atoms with van der Waals surface area (Å²) in [5, 5.41) is 0. The molecule has 0 spiro atoms. The van der Waals surface area contributed by atoms with Gasteiger partial charge >= 0.3 is 0 Å². The number of rotatable bonds is 5. The number of nitrogens with zero attached hydrogens (tertiary/aromatic N) is 3. The van der Waals surface area contributed by atoms with Crippen LogP contribution in [0.2, 0.25) is 0 Å². The summed E-state index contributed by atoms with van der Waals surface area (Å²) in [4.78, 5) is 10.5. The smallest absolute Gasteiger partial charge is 0.146 e. The molecule has 0 saturated heterocycles. The van der Waals surface area contributed by atoms with Gasteiger partial charge in [-0.15, -0.1) is 0 Å². The topological polar surface area (TPSA) is 29.0 Å². The summed E-state index contributed by atoms with van der Waals surface area (Å²) in [5.41, 5.74) is 0. The lowest BCUT2D eigenvalue weighted by molar-refractivity contribution is 0.721. The molecule has 0 atom stereocenters. The van der Waals surface area contributed by atoms with E-state index in [1.54, 1.807) is 12.5 Å². The molecule has 0 fully saturated rings. The fourth-order valence-corrected chi connectivity index (χ4v) is 1.77. The Hall–Kier alpha value is -0.640. The van der Waals surface area contributed by atoms with Crippen molar-refractivity contribution >= 4 is 21.7 Å². The predicted octanol–water partition coefficient (Wildman–Crippen LogP) is 2.87. The molecule has 0 saturated carbocycles. The highest BCUT2D eigenvalue weighted by atomic mass is 79.9. The Kier molecular flexibility index (Phi) is 4.87. The normalized spacial score (nSPS) is 10.2. The van der Waals surface area contributed by atoms with Gasteiger partial charge in [0, 0.05) is 19.3 Å². The maximum Gasteiger partial charge on any atom is 0.146 e. The molecular weight excluding hydrogens is 242 g/mol. The Morgan fingerprint density at radius 1 is 1.43 bits per heavy atom. The van der Waals surface area contributed by atoms with Crippen molar-refractivity contribution in [1.29, 1.82) is 0 Å². The fourth-order valence-electron chi connectivity index (χ4n) is 1.30. The first-order valence-corrected chi connectivity index (χ1v) is 5.79. The van der Waals surface area contributed by atoms with Gasteiger partial charge < -0.3 is 4.90 Å². The van der Waals surface area contributed by atoms with E-state index in [0.29, 0.717) is 0 Å². The fraction of sp³-hybridized carbons (Fsp3) is 0.600. The molecule has 0 aliphatic carbocycles. The molecule has 3 nitrogen and oxygen atoms in total. The Morgan fingerprint density at radius 2 is 2.21 bits per heavy atom. The van der Waals surface area contributed by atoms with E-state index in [2.05, 4.69) is 44.6 Å². The highest BCUT2D eigenvalue weighted by molar-refractivity contribution is 9.10. The van der Waals surface area contributed by atoms with Crippen LogP contribution in [-0.4, -0.2) is 23.1 Å². The largest absolute Gasteiger partial charge is 0.356 e. The molecule has 1 heterocycles.